The predicted molar refractivity (Wildman–Crippen MR) is 82.1 cm³/mol. The van der Waals surface area contributed by atoms with E-state index in [1.165, 1.54) is 25.3 Å². The van der Waals surface area contributed by atoms with Crippen LogP contribution in [0.25, 0.3) is 0 Å². The lowest BCUT2D eigenvalue weighted by Gasteiger charge is -2.33. The van der Waals surface area contributed by atoms with E-state index in [1.807, 2.05) is 13.0 Å². The van der Waals surface area contributed by atoms with Gasteiger partial charge in [-0.15, -0.1) is 0 Å². The van der Waals surface area contributed by atoms with Gasteiger partial charge in [0.15, 0.2) is 0 Å². The van der Waals surface area contributed by atoms with Crippen LogP contribution >= 0.6 is 0 Å². The number of hydrogen-bond acceptors (Lipinski definition) is 2. The first kappa shape index (κ1) is 15.5. The molecule has 2 N–H and O–H groups in total. The Morgan fingerprint density at radius 3 is 2.60 bits per heavy atom. The van der Waals surface area contributed by atoms with E-state index < -0.39 is 0 Å². The molecule has 0 heterocycles. The second kappa shape index (κ2) is 6.68. The van der Waals surface area contributed by atoms with Crippen molar-refractivity contribution in [3.05, 3.63) is 35.1 Å². The normalized spacial score (nSPS) is 16.9. The fourth-order valence-electron chi connectivity index (χ4n) is 2.82. The molecule has 1 aliphatic rings. The Morgan fingerprint density at radius 2 is 2.05 bits per heavy atom. The molecule has 0 bridgehead atoms. The second-order valence-corrected chi connectivity index (χ2v) is 6.40. The summed E-state index contributed by atoms with van der Waals surface area (Å²) in [5.41, 5.74) is 8.23. The number of nitrogens with two attached hydrogens (primary N) is 1. The average molecular weight is 278 g/mol. The third-order valence-corrected chi connectivity index (χ3v) is 4.20. The van der Waals surface area contributed by atoms with Crippen LogP contribution in [0.15, 0.2) is 18.2 Å². The lowest BCUT2D eigenvalue weighted by molar-refractivity contribution is 0.180. The quantitative estimate of drug-likeness (QED) is 0.825. The summed E-state index contributed by atoms with van der Waals surface area (Å²) >= 11 is 0. The van der Waals surface area contributed by atoms with Crippen molar-refractivity contribution in [2.24, 2.45) is 11.7 Å². The third kappa shape index (κ3) is 3.80. The summed E-state index contributed by atoms with van der Waals surface area (Å²) in [4.78, 5) is 2.50. The minimum absolute atomic E-state index is 0.150. The summed E-state index contributed by atoms with van der Waals surface area (Å²) in [6.07, 6.45) is 3.67. The highest BCUT2D eigenvalue weighted by molar-refractivity contribution is 5.30. The summed E-state index contributed by atoms with van der Waals surface area (Å²) in [5.74, 6) is 0.520. The van der Waals surface area contributed by atoms with Crippen LogP contribution in [0.5, 0.6) is 0 Å². The highest BCUT2D eigenvalue weighted by atomic mass is 19.1. The lowest BCUT2D eigenvalue weighted by Crippen LogP contribution is -2.37. The Bertz CT molecular complexity index is 441. The molecule has 1 aromatic rings. The fraction of sp³-hybridized carbons (Fsp3) is 0.647. The van der Waals surface area contributed by atoms with Crippen LogP contribution in [0.1, 0.15) is 50.3 Å². The highest BCUT2D eigenvalue weighted by Gasteiger charge is 2.34. The summed E-state index contributed by atoms with van der Waals surface area (Å²) in [7, 11) is 0. The highest BCUT2D eigenvalue weighted by Crippen LogP contribution is 2.35. The maximum absolute atomic E-state index is 13.6. The van der Waals surface area contributed by atoms with Gasteiger partial charge in [-0.3, -0.25) is 4.90 Å². The van der Waals surface area contributed by atoms with Gasteiger partial charge in [-0.1, -0.05) is 19.9 Å². The maximum Gasteiger partial charge on any atom is 0.123 e. The zero-order valence-electron chi connectivity index (χ0n) is 12.9. The molecule has 3 heteroatoms. The summed E-state index contributed by atoms with van der Waals surface area (Å²) in [6.45, 7) is 8.15. The van der Waals surface area contributed by atoms with Crippen molar-refractivity contribution in [2.45, 2.75) is 52.1 Å². The number of aryl methyl sites for hydroxylation is 1. The molecule has 1 atom stereocenters. The van der Waals surface area contributed by atoms with Gasteiger partial charge in [0.1, 0.15) is 5.82 Å². The minimum Gasteiger partial charge on any atom is -0.329 e. The number of hydrogen-bond donors (Lipinski definition) is 1. The van der Waals surface area contributed by atoms with Crippen molar-refractivity contribution in [1.82, 2.24) is 4.90 Å². The molecular formula is C17H27FN2. The largest absolute Gasteiger partial charge is 0.329 e. The molecule has 0 amide bonds. The number of rotatable bonds is 7. The van der Waals surface area contributed by atoms with Crippen LogP contribution in [-0.2, 0) is 0 Å². The van der Waals surface area contributed by atoms with Gasteiger partial charge in [-0.05, 0) is 61.9 Å². The van der Waals surface area contributed by atoms with E-state index in [2.05, 4.69) is 18.7 Å². The summed E-state index contributed by atoms with van der Waals surface area (Å²) in [6, 6.07) is 5.85. The molecule has 0 radical (unpaired) electrons. The lowest BCUT2D eigenvalue weighted by atomic mass is 9.98. The van der Waals surface area contributed by atoms with E-state index in [4.69, 9.17) is 5.73 Å². The van der Waals surface area contributed by atoms with Crippen molar-refractivity contribution < 1.29 is 4.39 Å². The summed E-state index contributed by atoms with van der Waals surface area (Å²) < 4.78 is 13.6. The number of nitrogens with zero attached hydrogens (tertiary/aromatic N) is 1. The van der Waals surface area contributed by atoms with E-state index in [-0.39, 0.29) is 11.9 Å². The Balaban J connectivity index is 2.21. The fourth-order valence-corrected chi connectivity index (χ4v) is 2.82. The van der Waals surface area contributed by atoms with Gasteiger partial charge in [0.2, 0.25) is 0 Å². The first-order valence-electron chi connectivity index (χ1n) is 7.74. The van der Waals surface area contributed by atoms with Crippen molar-refractivity contribution in [2.75, 3.05) is 13.1 Å². The first-order chi connectivity index (χ1) is 9.52. The van der Waals surface area contributed by atoms with Crippen LogP contribution in [0.4, 0.5) is 4.39 Å². The van der Waals surface area contributed by atoms with E-state index in [0.717, 1.165) is 17.7 Å². The molecule has 0 aromatic heterocycles. The monoisotopic (exact) mass is 278 g/mol. The smallest absolute Gasteiger partial charge is 0.123 e. The number of benzene rings is 1. The van der Waals surface area contributed by atoms with Gasteiger partial charge in [0.25, 0.3) is 0 Å². The molecular weight excluding hydrogens is 251 g/mol. The Labute approximate surface area is 122 Å². The van der Waals surface area contributed by atoms with Gasteiger partial charge < -0.3 is 5.73 Å². The Hall–Kier alpha value is -0.930. The van der Waals surface area contributed by atoms with Crippen molar-refractivity contribution in [1.29, 1.82) is 0 Å². The predicted octanol–water partition coefficient (Wildman–Crippen LogP) is 3.64. The van der Waals surface area contributed by atoms with E-state index >= 15 is 0 Å². The van der Waals surface area contributed by atoms with Gasteiger partial charge in [0.05, 0.1) is 0 Å². The molecule has 0 saturated heterocycles. The average Bonchev–Trinajstić information content (AvgIpc) is 3.22. The minimum atomic E-state index is -0.163. The van der Waals surface area contributed by atoms with Crippen LogP contribution in [0.3, 0.4) is 0 Å². The first-order valence-corrected chi connectivity index (χ1v) is 7.74. The van der Waals surface area contributed by atoms with Crippen molar-refractivity contribution in [3.8, 4) is 0 Å². The molecule has 1 aliphatic carbocycles. The standard InChI is InChI=1S/C17H27FN2/c1-12(2)8-9-20(15-6-7-15)17(11-19)16-10-14(18)5-4-13(16)3/h4-5,10,12,15,17H,6-9,11,19H2,1-3H3. The Morgan fingerprint density at radius 1 is 1.35 bits per heavy atom. The molecule has 1 saturated carbocycles. The van der Waals surface area contributed by atoms with Gasteiger partial charge in [-0.2, -0.15) is 0 Å². The topological polar surface area (TPSA) is 29.3 Å². The molecule has 1 unspecified atom stereocenters. The molecule has 2 nitrogen and oxygen atoms in total. The molecule has 0 aliphatic heterocycles. The van der Waals surface area contributed by atoms with Gasteiger partial charge in [-0.25, -0.2) is 4.39 Å². The van der Waals surface area contributed by atoms with Crippen LogP contribution in [-0.4, -0.2) is 24.0 Å². The van der Waals surface area contributed by atoms with Crippen LogP contribution in [0.2, 0.25) is 0 Å². The SMILES string of the molecule is Cc1ccc(F)cc1C(CN)N(CCC(C)C)C1CC1. The van der Waals surface area contributed by atoms with Crippen LogP contribution < -0.4 is 5.73 Å². The van der Waals surface area contributed by atoms with Crippen molar-refractivity contribution >= 4 is 0 Å². The molecule has 2 rings (SSSR count). The third-order valence-electron chi connectivity index (χ3n) is 4.20. The number of halogens is 1. The van der Waals surface area contributed by atoms with E-state index in [9.17, 15) is 4.39 Å². The molecule has 1 fully saturated rings. The van der Waals surface area contributed by atoms with E-state index in [0.29, 0.717) is 18.5 Å². The van der Waals surface area contributed by atoms with E-state index in [1.54, 1.807) is 6.07 Å². The van der Waals surface area contributed by atoms with Gasteiger partial charge >= 0.3 is 0 Å². The molecule has 1 aromatic carbocycles. The molecule has 20 heavy (non-hydrogen) atoms. The maximum atomic E-state index is 13.6. The van der Waals surface area contributed by atoms with Gasteiger partial charge in [0, 0.05) is 18.6 Å². The zero-order valence-corrected chi connectivity index (χ0v) is 12.9. The zero-order chi connectivity index (χ0) is 14.7. The second-order valence-electron chi connectivity index (χ2n) is 6.40. The Kier molecular flexibility index (Phi) is 5.17. The molecule has 0 spiro atoms. The molecule has 112 valence electrons. The van der Waals surface area contributed by atoms with Crippen molar-refractivity contribution in [3.63, 3.8) is 0 Å². The summed E-state index contributed by atoms with van der Waals surface area (Å²) in [5, 5.41) is 0. The van der Waals surface area contributed by atoms with Crippen LogP contribution in [0, 0.1) is 18.7 Å².